The second kappa shape index (κ2) is 6.98. The first-order valence-electron chi connectivity index (χ1n) is 7.73. The van der Waals surface area contributed by atoms with Crippen LogP contribution in [0.5, 0.6) is 0 Å². The summed E-state index contributed by atoms with van der Waals surface area (Å²) in [6, 6.07) is 12.8. The average Bonchev–Trinajstić information content (AvgIpc) is 2.60. The number of nitrogen functional groups attached to an aromatic ring is 1. The van der Waals surface area contributed by atoms with Gasteiger partial charge in [0.25, 0.3) is 5.56 Å². The molecule has 0 aliphatic rings. The third-order valence-corrected chi connectivity index (χ3v) is 4.81. The number of nitrogens with two attached hydrogens (primary N) is 1. The molecule has 128 valence electrons. The molecule has 3 aromatic rings. The molecule has 0 atom stereocenters. The van der Waals surface area contributed by atoms with Gasteiger partial charge in [-0.15, -0.1) is 0 Å². The number of amides is 1. The molecule has 0 aliphatic carbocycles. The lowest BCUT2D eigenvalue weighted by Gasteiger charge is -2.12. The summed E-state index contributed by atoms with van der Waals surface area (Å²) in [7, 11) is 0. The summed E-state index contributed by atoms with van der Waals surface area (Å²) >= 11 is 1.13. The molecule has 1 amide bonds. The molecule has 6 nitrogen and oxygen atoms in total. The number of anilines is 1. The molecule has 0 saturated carbocycles. The first kappa shape index (κ1) is 17.0. The molecule has 1 heterocycles. The number of thioether (sulfide) groups is 1. The standard InChI is InChI=1S/C18H18N4O2S/c1-11-6-5-7-12(2)16(11)21-15(23)10-25-18-20-14-9-4-3-8-13(14)17(24)22(18)19/h3-9H,10,19H2,1-2H3,(H,21,23). The first-order chi connectivity index (χ1) is 12.0. The van der Waals surface area contributed by atoms with Crippen molar-refractivity contribution in [1.82, 2.24) is 9.66 Å². The lowest BCUT2D eigenvalue weighted by atomic mass is 10.1. The Labute approximate surface area is 149 Å². The van der Waals surface area contributed by atoms with Gasteiger partial charge in [0.05, 0.1) is 16.7 Å². The van der Waals surface area contributed by atoms with Gasteiger partial charge >= 0.3 is 0 Å². The summed E-state index contributed by atoms with van der Waals surface area (Å²) in [5.74, 6) is 5.76. The van der Waals surface area contributed by atoms with Gasteiger partial charge in [0.15, 0.2) is 5.16 Å². The Morgan fingerprint density at radius 3 is 2.56 bits per heavy atom. The minimum Gasteiger partial charge on any atom is -0.334 e. The lowest BCUT2D eigenvalue weighted by Crippen LogP contribution is -2.30. The highest BCUT2D eigenvalue weighted by Crippen LogP contribution is 2.21. The first-order valence-corrected chi connectivity index (χ1v) is 8.71. The summed E-state index contributed by atoms with van der Waals surface area (Å²) < 4.78 is 0.985. The third-order valence-electron chi connectivity index (χ3n) is 3.85. The molecule has 0 fully saturated rings. The number of hydrogen-bond acceptors (Lipinski definition) is 5. The Kier molecular flexibility index (Phi) is 4.76. The van der Waals surface area contributed by atoms with Crippen molar-refractivity contribution >= 4 is 34.3 Å². The van der Waals surface area contributed by atoms with Crippen LogP contribution in [0.1, 0.15) is 11.1 Å². The summed E-state index contributed by atoms with van der Waals surface area (Å²) in [6.07, 6.45) is 0. The summed E-state index contributed by atoms with van der Waals surface area (Å²) in [6.45, 7) is 3.89. The van der Waals surface area contributed by atoms with Crippen LogP contribution in [0, 0.1) is 13.8 Å². The van der Waals surface area contributed by atoms with E-state index in [1.807, 2.05) is 32.0 Å². The van der Waals surface area contributed by atoms with E-state index in [1.165, 1.54) is 0 Å². The van der Waals surface area contributed by atoms with Gasteiger partial charge in [0.1, 0.15) is 0 Å². The Morgan fingerprint density at radius 1 is 1.16 bits per heavy atom. The minimum atomic E-state index is -0.330. The summed E-state index contributed by atoms with van der Waals surface area (Å²) in [4.78, 5) is 28.9. The van der Waals surface area contributed by atoms with Gasteiger partial charge in [-0.25, -0.2) is 9.66 Å². The third kappa shape index (κ3) is 3.51. The molecular weight excluding hydrogens is 336 g/mol. The number of rotatable bonds is 4. The maximum Gasteiger partial charge on any atom is 0.280 e. The number of hydrogen-bond donors (Lipinski definition) is 2. The fourth-order valence-corrected chi connectivity index (χ4v) is 3.26. The average molecular weight is 354 g/mol. The summed E-state index contributed by atoms with van der Waals surface area (Å²) in [5, 5.41) is 3.66. The van der Waals surface area contributed by atoms with E-state index in [4.69, 9.17) is 5.84 Å². The predicted octanol–water partition coefficient (Wildman–Crippen LogP) is 2.46. The molecule has 0 bridgehead atoms. The van der Waals surface area contributed by atoms with Crippen molar-refractivity contribution in [3.05, 3.63) is 63.9 Å². The number of fused-ring (bicyclic) bond motifs is 1. The Morgan fingerprint density at radius 2 is 1.84 bits per heavy atom. The van der Waals surface area contributed by atoms with E-state index in [9.17, 15) is 9.59 Å². The Balaban J connectivity index is 1.78. The van der Waals surface area contributed by atoms with Gasteiger partial charge in [-0.1, -0.05) is 42.1 Å². The number of aryl methyl sites for hydroxylation is 2. The van der Waals surface area contributed by atoms with Crippen LogP contribution in [-0.4, -0.2) is 21.3 Å². The van der Waals surface area contributed by atoms with Crippen molar-refractivity contribution in [2.75, 3.05) is 16.9 Å². The van der Waals surface area contributed by atoms with Crippen molar-refractivity contribution in [3.63, 3.8) is 0 Å². The van der Waals surface area contributed by atoms with Gasteiger partial charge in [0.2, 0.25) is 5.91 Å². The van der Waals surface area contributed by atoms with Crippen molar-refractivity contribution < 1.29 is 4.79 Å². The molecule has 3 N–H and O–H groups in total. The number of carbonyl (C=O) groups excluding carboxylic acids is 1. The second-order valence-electron chi connectivity index (χ2n) is 5.69. The van der Waals surface area contributed by atoms with E-state index < -0.39 is 0 Å². The highest BCUT2D eigenvalue weighted by Gasteiger charge is 2.12. The minimum absolute atomic E-state index is 0.107. The van der Waals surface area contributed by atoms with Crippen molar-refractivity contribution in [3.8, 4) is 0 Å². The van der Waals surface area contributed by atoms with E-state index in [0.717, 1.165) is 33.3 Å². The molecule has 0 saturated heterocycles. The SMILES string of the molecule is Cc1cccc(C)c1NC(=O)CSc1nc2ccccc2c(=O)n1N. The number of carbonyl (C=O) groups is 1. The molecule has 2 aromatic carbocycles. The normalized spacial score (nSPS) is 10.8. The quantitative estimate of drug-likeness (QED) is 0.427. The van der Waals surface area contributed by atoms with E-state index in [0.29, 0.717) is 16.1 Å². The lowest BCUT2D eigenvalue weighted by molar-refractivity contribution is -0.113. The van der Waals surface area contributed by atoms with Crippen LogP contribution in [-0.2, 0) is 4.79 Å². The van der Waals surface area contributed by atoms with Crippen molar-refractivity contribution in [2.45, 2.75) is 19.0 Å². The van der Waals surface area contributed by atoms with Crippen LogP contribution in [0.3, 0.4) is 0 Å². The molecule has 0 spiro atoms. The monoisotopic (exact) mass is 354 g/mol. The van der Waals surface area contributed by atoms with Crippen LogP contribution < -0.4 is 16.7 Å². The molecule has 1 aromatic heterocycles. The van der Waals surface area contributed by atoms with Gasteiger partial charge in [-0.2, -0.15) is 0 Å². The van der Waals surface area contributed by atoms with E-state index >= 15 is 0 Å². The van der Waals surface area contributed by atoms with Crippen LogP contribution >= 0.6 is 11.8 Å². The molecule has 0 unspecified atom stereocenters. The van der Waals surface area contributed by atoms with E-state index in [2.05, 4.69) is 10.3 Å². The Bertz CT molecular complexity index is 993. The maximum absolute atomic E-state index is 12.3. The largest absolute Gasteiger partial charge is 0.334 e. The van der Waals surface area contributed by atoms with Gasteiger partial charge in [0, 0.05) is 5.69 Å². The fraction of sp³-hybridized carbons (Fsp3) is 0.167. The molecule has 25 heavy (non-hydrogen) atoms. The zero-order chi connectivity index (χ0) is 18.0. The van der Waals surface area contributed by atoms with E-state index in [1.54, 1.807) is 24.3 Å². The molecule has 7 heteroatoms. The van der Waals surface area contributed by atoms with Gasteiger partial charge < -0.3 is 11.2 Å². The van der Waals surface area contributed by atoms with Gasteiger partial charge in [-0.05, 0) is 37.1 Å². The number of para-hydroxylation sites is 2. The number of benzene rings is 2. The fourth-order valence-electron chi connectivity index (χ4n) is 2.54. The topological polar surface area (TPSA) is 90.0 Å². The molecule has 3 rings (SSSR count). The molecule has 0 radical (unpaired) electrons. The maximum atomic E-state index is 12.3. The Hall–Kier alpha value is -2.80. The van der Waals surface area contributed by atoms with Crippen molar-refractivity contribution in [1.29, 1.82) is 0 Å². The number of aromatic nitrogens is 2. The highest BCUT2D eigenvalue weighted by atomic mass is 32.2. The van der Waals surface area contributed by atoms with Crippen LogP contribution in [0.2, 0.25) is 0 Å². The second-order valence-corrected chi connectivity index (χ2v) is 6.63. The number of nitrogens with one attached hydrogen (secondary N) is 1. The van der Waals surface area contributed by atoms with Crippen LogP contribution in [0.15, 0.2) is 52.4 Å². The van der Waals surface area contributed by atoms with Crippen LogP contribution in [0.25, 0.3) is 10.9 Å². The van der Waals surface area contributed by atoms with Crippen molar-refractivity contribution in [2.24, 2.45) is 0 Å². The molecular formula is C18H18N4O2S. The van der Waals surface area contributed by atoms with Gasteiger partial charge in [-0.3, -0.25) is 9.59 Å². The predicted molar refractivity (Wildman–Crippen MR) is 101 cm³/mol. The number of nitrogens with zero attached hydrogens (tertiary/aromatic N) is 2. The molecule has 0 aliphatic heterocycles. The zero-order valence-electron chi connectivity index (χ0n) is 13.9. The summed E-state index contributed by atoms with van der Waals surface area (Å²) in [5.41, 5.74) is 3.04. The van der Waals surface area contributed by atoms with E-state index in [-0.39, 0.29) is 17.2 Å². The zero-order valence-corrected chi connectivity index (χ0v) is 14.8. The smallest absolute Gasteiger partial charge is 0.280 e. The van der Waals surface area contributed by atoms with Crippen LogP contribution in [0.4, 0.5) is 5.69 Å². The highest BCUT2D eigenvalue weighted by molar-refractivity contribution is 7.99.